The average Bonchev–Trinajstić information content (AvgIpc) is 2.04. The van der Waals surface area contributed by atoms with Gasteiger partial charge in [-0.15, -0.1) is 0 Å². The Hall–Kier alpha value is -1.12. The molecule has 5 N–H and O–H groups in total. The summed E-state index contributed by atoms with van der Waals surface area (Å²) in [6.45, 7) is 0. The Morgan fingerprint density at radius 1 is 1.38 bits per heavy atom. The normalized spacial score (nSPS) is 13.4. The second-order valence-electron chi connectivity index (χ2n) is 3.64. The van der Waals surface area contributed by atoms with Gasteiger partial charge < -0.3 is 5.73 Å². The van der Waals surface area contributed by atoms with E-state index >= 15 is 0 Å². The van der Waals surface area contributed by atoms with Crippen LogP contribution in [-0.4, -0.2) is 25.1 Å². The Morgan fingerprint density at radius 2 is 1.94 bits per heavy atom. The fourth-order valence-electron chi connectivity index (χ4n) is 1.21. The summed E-state index contributed by atoms with van der Waals surface area (Å²) in [6, 6.07) is 4.33. The van der Waals surface area contributed by atoms with E-state index < -0.39 is 20.1 Å². The molecule has 0 unspecified atom stereocenters. The van der Waals surface area contributed by atoms with Crippen LogP contribution < -0.4 is 15.6 Å². The van der Waals surface area contributed by atoms with Crippen LogP contribution in [0.1, 0.15) is 0 Å². The van der Waals surface area contributed by atoms with Crippen molar-refractivity contribution in [3.8, 4) is 0 Å². The third-order valence-electron chi connectivity index (χ3n) is 1.81. The molecule has 16 heavy (non-hydrogen) atoms. The van der Waals surface area contributed by atoms with Gasteiger partial charge in [0.2, 0.25) is 10.0 Å². The fourth-order valence-corrected chi connectivity index (χ4v) is 2.74. The van der Waals surface area contributed by atoms with Crippen molar-refractivity contribution in [1.82, 2.24) is 0 Å². The summed E-state index contributed by atoms with van der Waals surface area (Å²) in [6.07, 6.45) is 2.39. The van der Waals surface area contributed by atoms with Gasteiger partial charge in [-0.05, 0) is 28.3 Å². The quantitative estimate of drug-likeness (QED) is 0.436. The number of rotatable bonds is 3. The first-order chi connectivity index (χ1) is 7.09. The molecule has 6 nitrogen and oxygen atoms in total. The minimum atomic E-state index is -3.37. The number of thiol groups is 1. The van der Waals surface area contributed by atoms with Gasteiger partial charge in [0.25, 0.3) is 0 Å². The van der Waals surface area contributed by atoms with E-state index in [0.29, 0.717) is 5.69 Å². The van der Waals surface area contributed by atoms with Gasteiger partial charge in [-0.25, -0.2) is 8.42 Å². The molecule has 1 aromatic rings. The molecular formula is C8H15N3O3S2. The zero-order valence-corrected chi connectivity index (χ0v) is 10.7. The molecule has 0 bridgehead atoms. The summed E-state index contributed by atoms with van der Waals surface area (Å²) in [5, 5.41) is 5.49. The maximum absolute atomic E-state index is 11.7. The lowest BCUT2D eigenvalue weighted by atomic mass is 10.3. The van der Waals surface area contributed by atoms with Crippen LogP contribution >= 0.6 is 0 Å². The molecule has 0 aliphatic heterocycles. The van der Waals surface area contributed by atoms with Gasteiger partial charge >= 0.3 is 0 Å². The number of hydrogen-bond donors (Lipinski definition) is 4. The molecule has 0 saturated heterocycles. The van der Waals surface area contributed by atoms with E-state index in [1.54, 1.807) is 0 Å². The zero-order chi connectivity index (χ0) is 12.6. The average molecular weight is 265 g/mol. The van der Waals surface area contributed by atoms with Crippen molar-refractivity contribution in [3.63, 3.8) is 0 Å². The highest BCUT2D eigenvalue weighted by Crippen LogP contribution is 2.24. The minimum Gasteiger partial charge on any atom is -0.398 e. The summed E-state index contributed by atoms with van der Waals surface area (Å²) in [5.74, 6) is 0. The topological polar surface area (TPSA) is 115 Å². The van der Waals surface area contributed by atoms with Crippen LogP contribution in [0.15, 0.2) is 23.1 Å². The van der Waals surface area contributed by atoms with E-state index in [2.05, 4.69) is 4.72 Å². The Morgan fingerprint density at radius 3 is 2.38 bits per heavy atom. The highest BCUT2D eigenvalue weighted by molar-refractivity contribution is 8.00. The number of benzene rings is 1. The lowest BCUT2D eigenvalue weighted by Crippen LogP contribution is -2.22. The maximum Gasteiger partial charge on any atom is 0.229 e. The smallest absolute Gasteiger partial charge is 0.229 e. The van der Waals surface area contributed by atoms with Gasteiger partial charge in [0, 0.05) is 17.6 Å². The van der Waals surface area contributed by atoms with E-state index in [1.807, 2.05) is 0 Å². The van der Waals surface area contributed by atoms with Crippen LogP contribution in [0.3, 0.4) is 0 Å². The van der Waals surface area contributed by atoms with E-state index in [1.165, 1.54) is 24.5 Å². The van der Waals surface area contributed by atoms with Gasteiger partial charge in [0.15, 0.2) is 0 Å². The fraction of sp³-hybridized carbons (Fsp3) is 0.250. The predicted octanol–water partition coefficient (Wildman–Crippen LogP) is -0.481. The molecule has 0 spiro atoms. The molecule has 1 rings (SSSR count). The SMILES string of the molecule is CS(=O)(=O)Nc1ccc(N)c([SH](C)(N)=O)c1. The van der Waals surface area contributed by atoms with Crippen molar-refractivity contribution >= 4 is 31.5 Å². The largest absolute Gasteiger partial charge is 0.398 e. The van der Waals surface area contributed by atoms with Crippen molar-refractivity contribution in [2.75, 3.05) is 23.0 Å². The predicted molar refractivity (Wildman–Crippen MR) is 67.2 cm³/mol. The molecule has 0 heterocycles. The number of hydrogen-bond acceptors (Lipinski definition) is 4. The molecule has 0 aliphatic carbocycles. The summed E-state index contributed by atoms with van der Waals surface area (Å²) in [7, 11) is -6.38. The molecule has 0 atom stereocenters. The molecule has 0 aliphatic rings. The van der Waals surface area contributed by atoms with Gasteiger partial charge in [-0.2, -0.15) is 0 Å². The summed E-state index contributed by atoms with van der Waals surface area (Å²) < 4.78 is 35.9. The molecule has 8 heteroatoms. The molecule has 0 fully saturated rings. The molecule has 0 aromatic heterocycles. The highest BCUT2D eigenvalue weighted by atomic mass is 32.3. The molecule has 1 aromatic carbocycles. The van der Waals surface area contributed by atoms with Crippen molar-refractivity contribution in [3.05, 3.63) is 18.2 Å². The Kier molecular flexibility index (Phi) is 3.27. The van der Waals surface area contributed by atoms with Crippen molar-refractivity contribution in [1.29, 1.82) is 0 Å². The number of anilines is 2. The first-order valence-electron chi connectivity index (χ1n) is 4.33. The number of nitrogens with one attached hydrogen (secondary N) is 1. The van der Waals surface area contributed by atoms with Crippen LogP contribution in [0.25, 0.3) is 0 Å². The van der Waals surface area contributed by atoms with E-state index in [-0.39, 0.29) is 10.6 Å². The third-order valence-corrected chi connectivity index (χ3v) is 3.76. The van der Waals surface area contributed by atoms with E-state index in [9.17, 15) is 12.6 Å². The number of nitrogen functional groups attached to an aromatic ring is 1. The van der Waals surface area contributed by atoms with Crippen LogP contribution in [0, 0.1) is 0 Å². The van der Waals surface area contributed by atoms with Gasteiger partial charge in [-0.1, -0.05) is 0 Å². The molecule has 0 saturated carbocycles. The zero-order valence-electron chi connectivity index (χ0n) is 8.97. The van der Waals surface area contributed by atoms with E-state index in [4.69, 9.17) is 10.9 Å². The Balaban J connectivity index is 3.24. The Labute approximate surface area is 95.6 Å². The minimum absolute atomic E-state index is 0.265. The standard InChI is InChI=1S/C8H15N3O3S2/c1-15(10,12)8-5-6(3-4-7(8)9)11-16(2,13)14/h3-5,11,15H,9H2,1-2H3,(H2,10,12). The van der Waals surface area contributed by atoms with Crippen molar-refractivity contribution in [2.24, 2.45) is 5.14 Å². The maximum atomic E-state index is 11.7. The number of nitrogens with two attached hydrogens (primary N) is 2. The van der Waals surface area contributed by atoms with Crippen LogP contribution in [0.2, 0.25) is 0 Å². The monoisotopic (exact) mass is 265 g/mol. The lowest BCUT2D eigenvalue weighted by molar-refractivity contribution is 0.606. The van der Waals surface area contributed by atoms with E-state index in [0.717, 1.165) is 6.26 Å². The lowest BCUT2D eigenvalue weighted by Gasteiger charge is -2.16. The van der Waals surface area contributed by atoms with Crippen LogP contribution in [0.4, 0.5) is 11.4 Å². The third kappa shape index (κ3) is 3.47. The van der Waals surface area contributed by atoms with Crippen LogP contribution in [0.5, 0.6) is 0 Å². The van der Waals surface area contributed by atoms with Crippen molar-refractivity contribution in [2.45, 2.75) is 4.90 Å². The molecule has 0 amide bonds. The van der Waals surface area contributed by atoms with Crippen LogP contribution in [-0.2, 0) is 20.1 Å². The van der Waals surface area contributed by atoms with Gasteiger partial charge in [-0.3, -0.25) is 14.1 Å². The van der Waals surface area contributed by atoms with Gasteiger partial charge in [0.1, 0.15) is 0 Å². The summed E-state index contributed by atoms with van der Waals surface area (Å²) in [4.78, 5) is 0.265. The van der Waals surface area contributed by atoms with Gasteiger partial charge in [0.05, 0.1) is 11.2 Å². The number of sulfonamides is 1. The highest BCUT2D eigenvalue weighted by Gasteiger charge is 2.12. The second kappa shape index (κ2) is 4.04. The summed E-state index contributed by atoms with van der Waals surface area (Å²) >= 11 is 0. The van der Waals surface area contributed by atoms with Crippen molar-refractivity contribution < 1.29 is 12.6 Å². The molecular weight excluding hydrogens is 250 g/mol. The molecule has 92 valence electrons. The first kappa shape index (κ1) is 12.9. The molecule has 0 radical (unpaired) electrons. The Bertz CT molecular complexity index is 548. The second-order valence-corrected chi connectivity index (χ2v) is 7.85. The summed E-state index contributed by atoms with van der Waals surface area (Å²) in [5.41, 5.74) is 6.19. The first-order valence-corrected chi connectivity index (χ1v) is 8.45.